The highest BCUT2D eigenvalue weighted by molar-refractivity contribution is 9.11. The van der Waals surface area contributed by atoms with Gasteiger partial charge in [-0.05, 0) is 64.5 Å². The van der Waals surface area contributed by atoms with Crippen molar-refractivity contribution in [1.82, 2.24) is 20.1 Å². The van der Waals surface area contributed by atoms with Crippen LogP contribution in [0.4, 0.5) is 0 Å². The Bertz CT molecular complexity index is 588. The fraction of sp³-hybridized carbons (Fsp3) is 0.462. The van der Waals surface area contributed by atoms with Gasteiger partial charge in [-0.15, -0.1) is 11.3 Å². The minimum absolute atomic E-state index is 0.0842. The highest BCUT2D eigenvalue weighted by Gasteiger charge is 2.23. The Morgan fingerprint density at radius 2 is 2.19 bits per heavy atom. The number of thiophene rings is 1. The van der Waals surface area contributed by atoms with E-state index in [4.69, 9.17) is 5.84 Å². The molecule has 0 spiro atoms. The molecule has 3 N–H and O–H groups in total. The summed E-state index contributed by atoms with van der Waals surface area (Å²) in [6.45, 7) is 3.82. The van der Waals surface area contributed by atoms with E-state index in [0.717, 1.165) is 31.9 Å². The molecule has 0 saturated carbocycles. The Kier molecular flexibility index (Phi) is 5.98. The van der Waals surface area contributed by atoms with Gasteiger partial charge in [0.2, 0.25) is 0 Å². The number of nitrogens with two attached hydrogens (primary N) is 1. The van der Waals surface area contributed by atoms with Crippen molar-refractivity contribution in [3.05, 3.63) is 36.7 Å². The lowest BCUT2D eigenvalue weighted by atomic mass is 10.1. The van der Waals surface area contributed by atoms with E-state index in [1.807, 2.05) is 10.9 Å². The standard InChI is InChI=1S/C13H19Br2N5S/c1-8-6-10(21-13(8)15)11(18-16)12-9(14)7-17-20(12)5-4-19(2)3/h6-7,11,18H,4-5,16H2,1-3H3. The molecule has 0 saturated heterocycles. The lowest BCUT2D eigenvalue weighted by Crippen LogP contribution is -2.31. The van der Waals surface area contributed by atoms with Crippen LogP contribution in [0.5, 0.6) is 0 Å². The second-order valence-electron chi connectivity index (χ2n) is 5.11. The van der Waals surface area contributed by atoms with Gasteiger partial charge in [-0.2, -0.15) is 5.10 Å². The van der Waals surface area contributed by atoms with E-state index in [9.17, 15) is 0 Å². The average molecular weight is 437 g/mol. The van der Waals surface area contributed by atoms with Crippen LogP contribution in [-0.2, 0) is 6.54 Å². The summed E-state index contributed by atoms with van der Waals surface area (Å²) >= 11 is 8.85. The van der Waals surface area contributed by atoms with Crippen molar-refractivity contribution in [2.24, 2.45) is 5.84 Å². The highest BCUT2D eigenvalue weighted by atomic mass is 79.9. The molecule has 0 aromatic carbocycles. The average Bonchev–Trinajstić information content (AvgIpc) is 2.94. The molecule has 0 aliphatic rings. The van der Waals surface area contributed by atoms with Crippen LogP contribution in [0.25, 0.3) is 0 Å². The van der Waals surface area contributed by atoms with Crippen LogP contribution in [0.15, 0.2) is 20.5 Å². The molecule has 116 valence electrons. The van der Waals surface area contributed by atoms with Crippen LogP contribution >= 0.6 is 43.2 Å². The summed E-state index contributed by atoms with van der Waals surface area (Å²) in [4.78, 5) is 3.30. The molecule has 5 nitrogen and oxygen atoms in total. The van der Waals surface area contributed by atoms with Gasteiger partial charge in [0, 0.05) is 11.4 Å². The molecular weight excluding hydrogens is 418 g/mol. The number of halogens is 2. The van der Waals surface area contributed by atoms with Crippen LogP contribution in [0.3, 0.4) is 0 Å². The second kappa shape index (κ2) is 7.34. The lowest BCUT2D eigenvalue weighted by molar-refractivity contribution is 0.365. The van der Waals surface area contributed by atoms with E-state index in [2.05, 4.69) is 74.4 Å². The van der Waals surface area contributed by atoms with Crippen molar-refractivity contribution >= 4 is 43.2 Å². The van der Waals surface area contributed by atoms with Crippen molar-refractivity contribution in [3.63, 3.8) is 0 Å². The Hall–Kier alpha value is -0.250. The molecule has 2 aromatic rings. The van der Waals surface area contributed by atoms with E-state index in [-0.39, 0.29) is 6.04 Å². The van der Waals surface area contributed by atoms with E-state index < -0.39 is 0 Å². The summed E-state index contributed by atoms with van der Waals surface area (Å²) in [5.41, 5.74) is 5.18. The van der Waals surface area contributed by atoms with Gasteiger partial charge in [0.05, 0.1) is 32.7 Å². The fourth-order valence-corrected chi connectivity index (χ4v) is 4.21. The van der Waals surface area contributed by atoms with Crippen LogP contribution < -0.4 is 11.3 Å². The quantitative estimate of drug-likeness (QED) is 0.539. The van der Waals surface area contributed by atoms with Crippen molar-refractivity contribution in [2.75, 3.05) is 20.6 Å². The first kappa shape index (κ1) is 17.1. The van der Waals surface area contributed by atoms with Gasteiger partial charge in [-0.25, -0.2) is 5.43 Å². The first-order valence-electron chi connectivity index (χ1n) is 6.52. The van der Waals surface area contributed by atoms with E-state index in [0.29, 0.717) is 0 Å². The van der Waals surface area contributed by atoms with Gasteiger partial charge >= 0.3 is 0 Å². The number of aromatic nitrogens is 2. The fourth-order valence-electron chi connectivity index (χ4n) is 2.05. The summed E-state index contributed by atoms with van der Waals surface area (Å²) in [5.74, 6) is 5.82. The molecule has 8 heteroatoms. The largest absolute Gasteiger partial charge is 0.308 e. The number of hydrogen-bond donors (Lipinski definition) is 2. The van der Waals surface area contributed by atoms with Crippen LogP contribution in [-0.4, -0.2) is 35.3 Å². The molecule has 0 aliphatic carbocycles. The number of nitrogens with one attached hydrogen (secondary N) is 1. The molecule has 2 heterocycles. The summed E-state index contributed by atoms with van der Waals surface area (Å²) in [7, 11) is 4.10. The molecule has 21 heavy (non-hydrogen) atoms. The Labute approximate surface area is 145 Å². The van der Waals surface area contributed by atoms with Gasteiger partial charge < -0.3 is 4.90 Å². The van der Waals surface area contributed by atoms with Crippen molar-refractivity contribution in [3.8, 4) is 0 Å². The third kappa shape index (κ3) is 3.94. The predicted molar refractivity (Wildman–Crippen MR) is 94.4 cm³/mol. The van der Waals surface area contributed by atoms with Crippen molar-refractivity contribution in [2.45, 2.75) is 19.5 Å². The minimum atomic E-state index is -0.0842. The zero-order valence-electron chi connectivity index (χ0n) is 12.2. The van der Waals surface area contributed by atoms with Crippen molar-refractivity contribution < 1.29 is 0 Å². The molecule has 0 aliphatic heterocycles. The van der Waals surface area contributed by atoms with Gasteiger partial charge in [-0.3, -0.25) is 10.5 Å². The van der Waals surface area contributed by atoms with Crippen LogP contribution in [0.2, 0.25) is 0 Å². The number of hydrogen-bond acceptors (Lipinski definition) is 5. The number of nitrogens with zero attached hydrogens (tertiary/aromatic N) is 3. The molecule has 1 unspecified atom stereocenters. The molecule has 0 amide bonds. The summed E-state index contributed by atoms with van der Waals surface area (Å²) < 4.78 is 4.09. The third-order valence-electron chi connectivity index (χ3n) is 3.19. The molecule has 0 radical (unpaired) electrons. The number of aryl methyl sites for hydroxylation is 1. The number of hydrazine groups is 1. The Morgan fingerprint density at radius 1 is 1.48 bits per heavy atom. The smallest absolute Gasteiger partial charge is 0.0981 e. The highest BCUT2D eigenvalue weighted by Crippen LogP contribution is 2.36. The predicted octanol–water partition coefficient (Wildman–Crippen LogP) is 2.89. The van der Waals surface area contributed by atoms with E-state index in [1.165, 1.54) is 5.56 Å². The number of rotatable bonds is 6. The lowest BCUT2D eigenvalue weighted by Gasteiger charge is -2.18. The topological polar surface area (TPSA) is 59.1 Å². The van der Waals surface area contributed by atoms with Crippen LogP contribution in [0.1, 0.15) is 22.2 Å². The summed E-state index contributed by atoms with van der Waals surface area (Å²) in [5, 5.41) is 4.45. The van der Waals surface area contributed by atoms with Crippen LogP contribution in [0, 0.1) is 6.92 Å². The molecular formula is C13H19Br2N5S. The number of likely N-dealkylation sites (N-methyl/N-ethyl adjacent to an activating group) is 1. The molecule has 2 rings (SSSR count). The van der Waals surface area contributed by atoms with E-state index >= 15 is 0 Å². The Balaban J connectivity index is 2.35. The second-order valence-corrected chi connectivity index (χ2v) is 8.37. The maximum atomic E-state index is 5.82. The summed E-state index contributed by atoms with van der Waals surface area (Å²) in [6, 6.07) is 2.06. The Morgan fingerprint density at radius 3 is 2.71 bits per heavy atom. The monoisotopic (exact) mass is 435 g/mol. The first-order valence-corrected chi connectivity index (χ1v) is 8.92. The zero-order valence-corrected chi connectivity index (χ0v) is 16.2. The van der Waals surface area contributed by atoms with Crippen molar-refractivity contribution in [1.29, 1.82) is 0 Å². The molecule has 0 fully saturated rings. The molecule has 0 bridgehead atoms. The van der Waals surface area contributed by atoms with E-state index in [1.54, 1.807) is 11.3 Å². The zero-order chi connectivity index (χ0) is 15.6. The van der Waals surface area contributed by atoms with Gasteiger partial charge in [-0.1, -0.05) is 0 Å². The maximum Gasteiger partial charge on any atom is 0.0981 e. The minimum Gasteiger partial charge on any atom is -0.308 e. The van der Waals surface area contributed by atoms with Gasteiger partial charge in [0.25, 0.3) is 0 Å². The van der Waals surface area contributed by atoms with Gasteiger partial charge in [0.15, 0.2) is 0 Å². The normalized spacial score (nSPS) is 13.1. The van der Waals surface area contributed by atoms with Gasteiger partial charge in [0.1, 0.15) is 0 Å². The third-order valence-corrected chi connectivity index (χ3v) is 6.01. The SMILES string of the molecule is Cc1cc(C(NN)c2c(Br)cnn2CCN(C)C)sc1Br. The maximum absolute atomic E-state index is 5.82. The summed E-state index contributed by atoms with van der Waals surface area (Å²) in [6.07, 6.45) is 1.82. The molecule has 1 atom stereocenters. The molecule has 2 aromatic heterocycles. The first-order chi connectivity index (χ1) is 9.93.